The van der Waals surface area contributed by atoms with Gasteiger partial charge >= 0.3 is 0 Å². The second kappa shape index (κ2) is 11.9. The van der Waals surface area contributed by atoms with E-state index < -0.39 is 0 Å². The Hall–Kier alpha value is -1.71. The molecular formula is C18H29NO3. The highest BCUT2D eigenvalue weighted by molar-refractivity contribution is 5.75. The number of nitrogens with one attached hydrogen (secondary N) is 1. The van der Waals surface area contributed by atoms with Crippen molar-refractivity contribution in [1.29, 1.82) is 0 Å². The molecule has 124 valence electrons. The van der Waals surface area contributed by atoms with Gasteiger partial charge in [0.25, 0.3) is 0 Å². The lowest BCUT2D eigenvalue weighted by Crippen LogP contribution is -2.16. The summed E-state index contributed by atoms with van der Waals surface area (Å²) in [5.41, 5.74) is 0. The molecule has 0 fully saturated rings. The zero-order valence-corrected chi connectivity index (χ0v) is 13.6. The van der Waals surface area contributed by atoms with Crippen LogP contribution in [0, 0.1) is 0 Å². The normalized spacial score (nSPS) is 10.4. The van der Waals surface area contributed by atoms with Gasteiger partial charge in [-0.15, -0.1) is 0 Å². The van der Waals surface area contributed by atoms with E-state index >= 15 is 0 Å². The van der Waals surface area contributed by atoms with Crippen molar-refractivity contribution in [2.75, 3.05) is 13.7 Å². The highest BCUT2D eigenvalue weighted by Gasteiger charge is 1.98. The third-order valence-corrected chi connectivity index (χ3v) is 3.68. The molecule has 0 aliphatic heterocycles. The summed E-state index contributed by atoms with van der Waals surface area (Å²) in [6.07, 6.45) is 10.1. The Kier molecular flexibility index (Phi) is 9.92. The molecule has 0 unspecified atom stereocenters. The molecule has 0 spiro atoms. The van der Waals surface area contributed by atoms with Crippen LogP contribution in [-0.2, 0) is 4.79 Å². The first-order valence-corrected chi connectivity index (χ1v) is 8.35. The number of ether oxygens (including phenoxy) is 1. The summed E-state index contributed by atoms with van der Waals surface area (Å²) < 4.78 is 5.60. The van der Waals surface area contributed by atoms with E-state index in [0.29, 0.717) is 6.42 Å². The van der Waals surface area contributed by atoms with Crippen molar-refractivity contribution in [2.24, 2.45) is 0 Å². The SMILES string of the molecule is CNC(=O)CCCCCCCCCCOc1ccc(O)cc1. The summed E-state index contributed by atoms with van der Waals surface area (Å²) in [5.74, 6) is 1.23. The molecule has 22 heavy (non-hydrogen) atoms. The van der Waals surface area contributed by atoms with Crippen molar-refractivity contribution in [2.45, 2.75) is 57.8 Å². The van der Waals surface area contributed by atoms with Crippen LogP contribution in [0.3, 0.4) is 0 Å². The molecule has 0 atom stereocenters. The van der Waals surface area contributed by atoms with Crippen LogP contribution in [0.4, 0.5) is 0 Å². The Balaban J connectivity index is 1.84. The number of rotatable bonds is 12. The predicted octanol–water partition coefficient (Wildman–Crippen LogP) is 4.03. The summed E-state index contributed by atoms with van der Waals surface area (Å²) in [7, 11) is 1.69. The van der Waals surface area contributed by atoms with Gasteiger partial charge < -0.3 is 15.2 Å². The zero-order valence-electron chi connectivity index (χ0n) is 13.6. The molecule has 0 saturated carbocycles. The smallest absolute Gasteiger partial charge is 0.219 e. The van der Waals surface area contributed by atoms with E-state index in [1.807, 2.05) is 0 Å². The molecule has 4 heteroatoms. The lowest BCUT2D eigenvalue weighted by atomic mass is 10.1. The molecule has 1 aromatic carbocycles. The predicted molar refractivity (Wildman–Crippen MR) is 89.2 cm³/mol. The Labute approximate surface area is 133 Å². The fraction of sp³-hybridized carbons (Fsp3) is 0.611. The summed E-state index contributed by atoms with van der Waals surface area (Å²) >= 11 is 0. The maximum Gasteiger partial charge on any atom is 0.219 e. The highest BCUT2D eigenvalue weighted by Crippen LogP contribution is 2.16. The van der Waals surface area contributed by atoms with E-state index in [4.69, 9.17) is 9.84 Å². The van der Waals surface area contributed by atoms with Gasteiger partial charge in [-0.3, -0.25) is 4.79 Å². The monoisotopic (exact) mass is 307 g/mol. The molecule has 0 bridgehead atoms. The number of phenols is 1. The van der Waals surface area contributed by atoms with Crippen LogP contribution < -0.4 is 10.1 Å². The standard InChI is InChI=1S/C18H29NO3/c1-19-18(21)10-8-6-4-2-3-5-7-9-15-22-17-13-11-16(20)12-14-17/h11-14,20H,2-10,15H2,1H3,(H,19,21). The first-order chi connectivity index (χ1) is 10.7. The number of aromatic hydroxyl groups is 1. The number of carbonyl (C=O) groups is 1. The van der Waals surface area contributed by atoms with Gasteiger partial charge in [0.05, 0.1) is 6.61 Å². The minimum Gasteiger partial charge on any atom is -0.508 e. The maximum atomic E-state index is 11.0. The number of hydrogen-bond acceptors (Lipinski definition) is 3. The third-order valence-electron chi connectivity index (χ3n) is 3.68. The molecule has 0 aromatic heterocycles. The fourth-order valence-corrected chi connectivity index (χ4v) is 2.31. The van der Waals surface area contributed by atoms with Crippen LogP contribution >= 0.6 is 0 Å². The first kappa shape index (κ1) is 18.3. The topological polar surface area (TPSA) is 58.6 Å². The van der Waals surface area contributed by atoms with Gasteiger partial charge in [-0.1, -0.05) is 38.5 Å². The van der Waals surface area contributed by atoms with Gasteiger partial charge in [-0.25, -0.2) is 0 Å². The zero-order chi connectivity index (χ0) is 16.0. The average molecular weight is 307 g/mol. The van der Waals surface area contributed by atoms with Crippen LogP contribution in [0.15, 0.2) is 24.3 Å². The number of hydrogen-bond donors (Lipinski definition) is 2. The molecule has 0 radical (unpaired) electrons. The van der Waals surface area contributed by atoms with Crippen molar-refractivity contribution >= 4 is 5.91 Å². The van der Waals surface area contributed by atoms with Crippen molar-refractivity contribution < 1.29 is 14.6 Å². The maximum absolute atomic E-state index is 11.0. The van der Waals surface area contributed by atoms with Gasteiger partial charge in [-0.05, 0) is 37.1 Å². The summed E-state index contributed by atoms with van der Waals surface area (Å²) in [6.45, 7) is 0.733. The van der Waals surface area contributed by atoms with Crippen LogP contribution in [0.25, 0.3) is 0 Å². The quantitative estimate of drug-likeness (QED) is 0.573. The van der Waals surface area contributed by atoms with Crippen LogP contribution in [0.2, 0.25) is 0 Å². The van der Waals surface area contributed by atoms with E-state index in [1.54, 1.807) is 31.3 Å². The minimum absolute atomic E-state index is 0.147. The highest BCUT2D eigenvalue weighted by atomic mass is 16.5. The van der Waals surface area contributed by atoms with Crippen LogP contribution in [-0.4, -0.2) is 24.7 Å². The lowest BCUT2D eigenvalue weighted by Gasteiger charge is -2.06. The molecule has 0 aliphatic rings. The number of phenolic OH excluding ortho intramolecular Hbond substituents is 1. The van der Waals surface area contributed by atoms with Gasteiger partial charge in [0.2, 0.25) is 5.91 Å². The molecule has 0 saturated heterocycles. The van der Waals surface area contributed by atoms with E-state index in [-0.39, 0.29) is 11.7 Å². The third kappa shape index (κ3) is 9.27. The number of benzene rings is 1. The molecule has 1 aromatic rings. The van der Waals surface area contributed by atoms with Crippen molar-refractivity contribution in [3.63, 3.8) is 0 Å². The van der Waals surface area contributed by atoms with Crippen molar-refractivity contribution in [3.05, 3.63) is 24.3 Å². The molecular weight excluding hydrogens is 278 g/mol. The van der Waals surface area contributed by atoms with Crippen molar-refractivity contribution in [3.8, 4) is 11.5 Å². The van der Waals surface area contributed by atoms with Crippen LogP contribution in [0.1, 0.15) is 57.8 Å². The van der Waals surface area contributed by atoms with Gasteiger partial charge in [0, 0.05) is 13.5 Å². The largest absolute Gasteiger partial charge is 0.508 e. The Morgan fingerprint density at radius 3 is 2.09 bits per heavy atom. The van der Waals surface area contributed by atoms with E-state index in [2.05, 4.69) is 5.32 Å². The Morgan fingerprint density at radius 2 is 1.50 bits per heavy atom. The van der Waals surface area contributed by atoms with Gasteiger partial charge in [-0.2, -0.15) is 0 Å². The van der Waals surface area contributed by atoms with Crippen LogP contribution in [0.5, 0.6) is 11.5 Å². The Bertz CT molecular complexity index is 403. The number of carbonyl (C=O) groups excluding carboxylic acids is 1. The first-order valence-electron chi connectivity index (χ1n) is 8.35. The summed E-state index contributed by atoms with van der Waals surface area (Å²) in [6, 6.07) is 6.85. The van der Waals surface area contributed by atoms with Gasteiger partial charge in [0.15, 0.2) is 0 Å². The molecule has 2 N–H and O–H groups in total. The van der Waals surface area contributed by atoms with Crippen molar-refractivity contribution in [1.82, 2.24) is 5.32 Å². The van der Waals surface area contributed by atoms with E-state index in [0.717, 1.165) is 31.6 Å². The Morgan fingerprint density at radius 1 is 0.955 bits per heavy atom. The second-order valence-electron chi connectivity index (χ2n) is 5.59. The fourth-order valence-electron chi connectivity index (χ4n) is 2.31. The molecule has 1 rings (SSSR count). The minimum atomic E-state index is 0.147. The van der Waals surface area contributed by atoms with E-state index in [9.17, 15) is 4.79 Å². The molecule has 1 amide bonds. The molecule has 0 heterocycles. The van der Waals surface area contributed by atoms with Gasteiger partial charge in [0.1, 0.15) is 11.5 Å². The molecule has 0 aliphatic carbocycles. The number of amides is 1. The second-order valence-corrected chi connectivity index (χ2v) is 5.59. The lowest BCUT2D eigenvalue weighted by molar-refractivity contribution is -0.120. The summed E-state index contributed by atoms with van der Waals surface area (Å²) in [5, 5.41) is 11.8. The number of unbranched alkanes of at least 4 members (excludes halogenated alkanes) is 7. The van der Waals surface area contributed by atoms with E-state index in [1.165, 1.54) is 32.1 Å². The summed E-state index contributed by atoms with van der Waals surface area (Å²) in [4.78, 5) is 11.0. The average Bonchev–Trinajstić information content (AvgIpc) is 2.54. The molecule has 4 nitrogen and oxygen atoms in total.